The van der Waals surface area contributed by atoms with Crippen LogP contribution in [0.25, 0.3) is 5.69 Å². The molecule has 0 saturated carbocycles. The molecule has 2 aromatic rings. The van der Waals surface area contributed by atoms with E-state index in [1.54, 1.807) is 0 Å². The Morgan fingerprint density at radius 3 is 2.76 bits per heavy atom. The molecule has 1 aliphatic rings. The van der Waals surface area contributed by atoms with Crippen molar-refractivity contribution in [2.75, 3.05) is 23.5 Å². The number of thioether (sulfide) groups is 1. The van der Waals surface area contributed by atoms with Crippen molar-refractivity contribution in [2.45, 2.75) is 25.3 Å². The molecular weight excluding hydrogens is 302 g/mol. The molecular formula is C16H20ClN3S. The highest BCUT2D eigenvalue weighted by Gasteiger charge is 2.26. The van der Waals surface area contributed by atoms with Crippen LogP contribution in [-0.2, 0) is 5.88 Å². The van der Waals surface area contributed by atoms with Crippen LogP contribution in [0.3, 0.4) is 0 Å². The fourth-order valence-corrected chi connectivity index (χ4v) is 4.40. The average Bonchev–Trinajstić information content (AvgIpc) is 3.15. The minimum atomic E-state index is 0.498. The van der Waals surface area contributed by atoms with E-state index in [1.165, 1.54) is 17.9 Å². The Bertz CT molecular complexity index is 605. The van der Waals surface area contributed by atoms with Gasteiger partial charge in [0.15, 0.2) is 0 Å². The minimum absolute atomic E-state index is 0.498. The van der Waals surface area contributed by atoms with Crippen molar-refractivity contribution in [1.29, 1.82) is 0 Å². The first kappa shape index (κ1) is 14.8. The lowest BCUT2D eigenvalue weighted by molar-refractivity contribution is 0.673. The summed E-state index contributed by atoms with van der Waals surface area (Å²) in [5.41, 5.74) is 3.24. The third-order valence-corrected chi connectivity index (χ3v) is 5.49. The second-order valence-corrected chi connectivity index (χ2v) is 6.81. The van der Waals surface area contributed by atoms with Gasteiger partial charge in [-0.25, -0.2) is 4.68 Å². The van der Waals surface area contributed by atoms with Crippen LogP contribution in [0, 0.1) is 6.92 Å². The Labute approximate surface area is 135 Å². The van der Waals surface area contributed by atoms with Crippen LogP contribution in [0.5, 0.6) is 0 Å². The monoisotopic (exact) mass is 321 g/mol. The molecule has 0 aliphatic carbocycles. The van der Waals surface area contributed by atoms with E-state index in [2.05, 4.69) is 24.1 Å². The summed E-state index contributed by atoms with van der Waals surface area (Å²) in [4.78, 5) is 2.37. The van der Waals surface area contributed by atoms with Crippen molar-refractivity contribution in [3.8, 4) is 5.69 Å². The number of nitrogens with zero attached hydrogens (tertiary/aromatic N) is 3. The van der Waals surface area contributed by atoms with Crippen LogP contribution >= 0.6 is 23.4 Å². The topological polar surface area (TPSA) is 21.1 Å². The predicted molar refractivity (Wildman–Crippen MR) is 92.0 cm³/mol. The lowest BCUT2D eigenvalue weighted by atomic mass is 10.2. The van der Waals surface area contributed by atoms with E-state index in [0.717, 1.165) is 22.8 Å². The van der Waals surface area contributed by atoms with E-state index in [9.17, 15) is 0 Å². The van der Waals surface area contributed by atoms with Crippen LogP contribution < -0.4 is 4.90 Å². The molecule has 1 unspecified atom stereocenters. The Morgan fingerprint density at radius 2 is 2.14 bits per heavy atom. The fraction of sp³-hybridized carbons (Fsp3) is 0.438. The van der Waals surface area contributed by atoms with Gasteiger partial charge in [-0.05, 0) is 31.2 Å². The van der Waals surface area contributed by atoms with Gasteiger partial charge in [0.1, 0.15) is 5.82 Å². The summed E-state index contributed by atoms with van der Waals surface area (Å²) < 4.78 is 2.04. The molecule has 3 rings (SSSR count). The summed E-state index contributed by atoms with van der Waals surface area (Å²) in [7, 11) is 2.17. The summed E-state index contributed by atoms with van der Waals surface area (Å²) in [6.07, 6.45) is 1.22. The minimum Gasteiger partial charge on any atom is -0.355 e. The molecule has 21 heavy (non-hydrogen) atoms. The molecule has 0 N–H and O–H groups in total. The average molecular weight is 322 g/mol. The van der Waals surface area contributed by atoms with E-state index >= 15 is 0 Å². The maximum absolute atomic E-state index is 6.20. The Kier molecular flexibility index (Phi) is 4.45. The Balaban J connectivity index is 2.08. The van der Waals surface area contributed by atoms with Crippen molar-refractivity contribution >= 4 is 29.2 Å². The normalized spacial score (nSPS) is 18.1. The van der Waals surface area contributed by atoms with Crippen LogP contribution in [0.2, 0.25) is 0 Å². The molecule has 0 spiro atoms. The van der Waals surface area contributed by atoms with Gasteiger partial charge in [-0.15, -0.1) is 11.6 Å². The van der Waals surface area contributed by atoms with Crippen LogP contribution in [0.1, 0.15) is 17.7 Å². The third-order valence-electron chi connectivity index (χ3n) is 4.08. The van der Waals surface area contributed by atoms with Crippen molar-refractivity contribution in [3.05, 3.63) is 41.6 Å². The number of alkyl halides is 1. The molecule has 0 bridgehead atoms. The van der Waals surface area contributed by atoms with Crippen molar-refractivity contribution in [1.82, 2.24) is 9.78 Å². The molecule has 1 fully saturated rings. The highest BCUT2D eigenvalue weighted by Crippen LogP contribution is 2.32. The second kappa shape index (κ2) is 6.32. The van der Waals surface area contributed by atoms with E-state index in [-0.39, 0.29) is 0 Å². The molecule has 1 saturated heterocycles. The number of aryl methyl sites for hydroxylation is 1. The molecule has 5 heteroatoms. The molecule has 0 radical (unpaired) electrons. The number of aromatic nitrogens is 2. The summed E-state index contributed by atoms with van der Waals surface area (Å²) in [6.45, 7) is 2.04. The molecule has 3 nitrogen and oxygen atoms in total. The van der Waals surface area contributed by atoms with Gasteiger partial charge in [-0.1, -0.05) is 18.2 Å². The van der Waals surface area contributed by atoms with E-state index < -0.39 is 0 Å². The van der Waals surface area contributed by atoms with Gasteiger partial charge in [0.2, 0.25) is 0 Å². The Morgan fingerprint density at radius 1 is 1.38 bits per heavy atom. The number of halogens is 1. The van der Waals surface area contributed by atoms with Gasteiger partial charge in [-0.2, -0.15) is 16.9 Å². The standard InChI is InChI=1S/C16H20ClN3S/c1-12-15(10-17)16(19(2)14-8-9-21-11-14)20(18-12)13-6-4-3-5-7-13/h3-7,14H,8-11H2,1-2H3. The largest absolute Gasteiger partial charge is 0.355 e. The maximum Gasteiger partial charge on any atom is 0.137 e. The first-order valence-electron chi connectivity index (χ1n) is 7.23. The molecule has 0 amide bonds. The summed E-state index contributed by atoms with van der Waals surface area (Å²) in [5, 5.41) is 4.73. The lowest BCUT2D eigenvalue weighted by Gasteiger charge is -2.27. The van der Waals surface area contributed by atoms with Gasteiger partial charge in [0.25, 0.3) is 0 Å². The number of hydrogen-bond acceptors (Lipinski definition) is 3. The second-order valence-electron chi connectivity index (χ2n) is 5.40. The number of para-hydroxylation sites is 1. The molecule has 112 valence electrons. The van der Waals surface area contributed by atoms with Crippen molar-refractivity contribution in [3.63, 3.8) is 0 Å². The van der Waals surface area contributed by atoms with Crippen molar-refractivity contribution in [2.24, 2.45) is 0 Å². The third kappa shape index (κ3) is 2.79. The smallest absolute Gasteiger partial charge is 0.137 e. The molecule has 1 atom stereocenters. The quantitative estimate of drug-likeness (QED) is 0.798. The number of rotatable bonds is 4. The fourth-order valence-electron chi connectivity index (χ4n) is 2.82. The number of benzene rings is 1. The lowest BCUT2D eigenvalue weighted by Crippen LogP contribution is -2.33. The molecule has 2 heterocycles. The van der Waals surface area contributed by atoms with Gasteiger partial charge >= 0.3 is 0 Å². The summed E-state index contributed by atoms with van der Waals surface area (Å²) in [5.74, 6) is 4.06. The van der Waals surface area contributed by atoms with Gasteiger partial charge in [-0.3, -0.25) is 0 Å². The summed E-state index contributed by atoms with van der Waals surface area (Å²) in [6, 6.07) is 10.9. The maximum atomic E-state index is 6.20. The number of hydrogen-bond donors (Lipinski definition) is 0. The molecule has 1 aromatic carbocycles. The molecule has 1 aromatic heterocycles. The van der Waals surface area contributed by atoms with E-state index in [1.807, 2.05) is 41.6 Å². The van der Waals surface area contributed by atoms with Crippen LogP contribution in [-0.4, -0.2) is 34.4 Å². The first-order valence-corrected chi connectivity index (χ1v) is 8.91. The summed E-state index contributed by atoms with van der Waals surface area (Å²) >= 11 is 8.23. The van der Waals surface area contributed by atoms with Crippen LogP contribution in [0.15, 0.2) is 30.3 Å². The van der Waals surface area contributed by atoms with Gasteiger partial charge < -0.3 is 4.90 Å². The Hall–Kier alpha value is -1.13. The van der Waals surface area contributed by atoms with Crippen molar-refractivity contribution < 1.29 is 0 Å². The highest BCUT2D eigenvalue weighted by molar-refractivity contribution is 7.99. The van der Waals surface area contributed by atoms with Gasteiger partial charge in [0, 0.05) is 24.4 Å². The predicted octanol–water partition coefficient (Wildman–Crippen LogP) is 3.86. The van der Waals surface area contributed by atoms with Gasteiger partial charge in [0.05, 0.1) is 17.3 Å². The number of anilines is 1. The molecule has 1 aliphatic heterocycles. The SMILES string of the molecule is Cc1nn(-c2ccccc2)c(N(C)C2CCSC2)c1CCl. The van der Waals surface area contributed by atoms with E-state index in [4.69, 9.17) is 16.7 Å². The highest BCUT2D eigenvalue weighted by atomic mass is 35.5. The zero-order chi connectivity index (χ0) is 14.8. The van der Waals surface area contributed by atoms with E-state index in [0.29, 0.717) is 11.9 Å². The van der Waals surface area contributed by atoms with Crippen LogP contribution in [0.4, 0.5) is 5.82 Å². The zero-order valence-corrected chi connectivity index (χ0v) is 14.0. The first-order chi connectivity index (χ1) is 10.2. The zero-order valence-electron chi connectivity index (χ0n) is 12.4.